The number of thioether (sulfide) groups is 1. The molecule has 1 atom stereocenters. The molecular weight excluding hydrogens is 244 g/mol. The van der Waals surface area contributed by atoms with E-state index in [4.69, 9.17) is 0 Å². The Kier molecular flexibility index (Phi) is 4.67. The van der Waals surface area contributed by atoms with Gasteiger partial charge in [0.05, 0.1) is 6.10 Å². The lowest BCUT2D eigenvalue weighted by Crippen LogP contribution is -2.13. The van der Waals surface area contributed by atoms with Crippen LogP contribution in [-0.4, -0.2) is 22.1 Å². The summed E-state index contributed by atoms with van der Waals surface area (Å²) >= 11 is 1.64. The van der Waals surface area contributed by atoms with Gasteiger partial charge in [-0.3, -0.25) is 0 Å². The summed E-state index contributed by atoms with van der Waals surface area (Å²) in [5.41, 5.74) is 0.955. The summed E-state index contributed by atoms with van der Waals surface area (Å²) < 4.78 is 0. The lowest BCUT2D eigenvalue weighted by Gasteiger charge is -2.10. The van der Waals surface area contributed by atoms with E-state index < -0.39 is 6.10 Å². The molecule has 2 aromatic carbocycles. The van der Waals surface area contributed by atoms with Crippen LogP contribution in [0.1, 0.15) is 5.56 Å². The Morgan fingerprint density at radius 2 is 1.78 bits per heavy atom. The summed E-state index contributed by atoms with van der Waals surface area (Å²) in [7, 11) is 0. The predicted molar refractivity (Wildman–Crippen MR) is 75.0 cm³/mol. The van der Waals surface area contributed by atoms with E-state index in [-0.39, 0.29) is 5.75 Å². The van der Waals surface area contributed by atoms with E-state index in [2.05, 4.69) is 0 Å². The van der Waals surface area contributed by atoms with Gasteiger partial charge in [0.15, 0.2) is 0 Å². The molecule has 0 aromatic heterocycles. The molecule has 0 aliphatic carbocycles. The van der Waals surface area contributed by atoms with E-state index in [0.29, 0.717) is 12.2 Å². The largest absolute Gasteiger partial charge is 0.508 e. The molecule has 0 bridgehead atoms. The zero-order valence-corrected chi connectivity index (χ0v) is 10.8. The van der Waals surface area contributed by atoms with Crippen LogP contribution in [0.4, 0.5) is 0 Å². The summed E-state index contributed by atoms with van der Waals surface area (Å²) in [4.78, 5) is 1.16. The minimum absolute atomic E-state index is 0.246. The molecular formula is C15H16O2S. The van der Waals surface area contributed by atoms with Gasteiger partial charge in [-0.15, -0.1) is 11.8 Å². The van der Waals surface area contributed by atoms with Crippen molar-refractivity contribution in [2.45, 2.75) is 17.4 Å². The van der Waals surface area contributed by atoms with Gasteiger partial charge >= 0.3 is 0 Å². The average Bonchev–Trinajstić information content (AvgIpc) is 2.38. The number of aliphatic hydroxyl groups excluding tert-OH is 1. The molecule has 2 rings (SSSR count). The van der Waals surface area contributed by atoms with Crippen LogP contribution in [0.15, 0.2) is 59.5 Å². The summed E-state index contributed by atoms with van der Waals surface area (Å²) in [6, 6.07) is 17.1. The van der Waals surface area contributed by atoms with Crippen LogP contribution in [0, 0.1) is 0 Å². The summed E-state index contributed by atoms with van der Waals surface area (Å²) in [5, 5.41) is 19.3. The van der Waals surface area contributed by atoms with Crippen molar-refractivity contribution in [1.82, 2.24) is 0 Å². The van der Waals surface area contributed by atoms with Gasteiger partial charge < -0.3 is 10.2 Å². The topological polar surface area (TPSA) is 40.5 Å². The van der Waals surface area contributed by atoms with Crippen LogP contribution >= 0.6 is 11.8 Å². The molecule has 0 spiro atoms. The third-order valence-electron chi connectivity index (χ3n) is 2.57. The smallest absolute Gasteiger partial charge is 0.115 e. The minimum atomic E-state index is -0.406. The fourth-order valence-electron chi connectivity index (χ4n) is 1.72. The molecule has 0 saturated heterocycles. The summed E-state index contributed by atoms with van der Waals surface area (Å²) in [5.74, 6) is 0.898. The van der Waals surface area contributed by atoms with E-state index in [1.54, 1.807) is 30.0 Å². The second kappa shape index (κ2) is 6.47. The summed E-state index contributed by atoms with van der Waals surface area (Å²) in [6.45, 7) is 0. The van der Waals surface area contributed by atoms with Gasteiger partial charge in [-0.25, -0.2) is 0 Å². The number of benzene rings is 2. The van der Waals surface area contributed by atoms with Gasteiger partial charge in [-0.2, -0.15) is 0 Å². The van der Waals surface area contributed by atoms with Crippen LogP contribution in [0.3, 0.4) is 0 Å². The number of phenolic OH excluding ortho intramolecular Hbond substituents is 1. The molecule has 18 heavy (non-hydrogen) atoms. The van der Waals surface area contributed by atoms with Crippen molar-refractivity contribution in [3.8, 4) is 5.75 Å². The van der Waals surface area contributed by atoms with Gasteiger partial charge in [0.1, 0.15) is 5.75 Å². The lowest BCUT2D eigenvalue weighted by atomic mass is 10.1. The maximum atomic E-state index is 9.95. The maximum Gasteiger partial charge on any atom is 0.115 e. The highest BCUT2D eigenvalue weighted by molar-refractivity contribution is 7.99. The van der Waals surface area contributed by atoms with Crippen molar-refractivity contribution in [2.75, 3.05) is 5.75 Å². The fourth-order valence-corrected chi connectivity index (χ4v) is 2.58. The highest BCUT2D eigenvalue weighted by Crippen LogP contribution is 2.20. The van der Waals surface area contributed by atoms with Crippen LogP contribution in [0.5, 0.6) is 5.75 Å². The standard InChI is InChI=1S/C15H16O2S/c16-13-6-4-5-12(9-13)10-14(17)11-18-15-7-2-1-3-8-15/h1-9,14,16-17H,10-11H2. The SMILES string of the molecule is Oc1cccc(CC(O)CSc2ccccc2)c1. The first-order valence-corrected chi connectivity index (χ1v) is 6.86. The number of phenols is 1. The number of hydrogen-bond acceptors (Lipinski definition) is 3. The highest BCUT2D eigenvalue weighted by atomic mass is 32.2. The van der Waals surface area contributed by atoms with Gasteiger partial charge in [0.25, 0.3) is 0 Å². The molecule has 0 saturated carbocycles. The minimum Gasteiger partial charge on any atom is -0.508 e. The van der Waals surface area contributed by atoms with E-state index >= 15 is 0 Å². The maximum absolute atomic E-state index is 9.95. The van der Waals surface area contributed by atoms with Crippen LogP contribution in [0.25, 0.3) is 0 Å². The number of rotatable bonds is 5. The van der Waals surface area contributed by atoms with Crippen molar-refractivity contribution in [2.24, 2.45) is 0 Å². The molecule has 0 fully saturated rings. The third kappa shape index (κ3) is 4.09. The normalized spacial score (nSPS) is 12.3. The molecule has 0 aliphatic heterocycles. The van der Waals surface area contributed by atoms with Crippen LogP contribution in [0.2, 0.25) is 0 Å². The number of aromatic hydroxyl groups is 1. The quantitative estimate of drug-likeness (QED) is 0.812. The molecule has 1 unspecified atom stereocenters. The molecule has 0 aliphatic rings. The Morgan fingerprint density at radius 3 is 2.50 bits per heavy atom. The van der Waals surface area contributed by atoms with Crippen molar-refractivity contribution in [3.05, 3.63) is 60.2 Å². The monoisotopic (exact) mass is 260 g/mol. The first kappa shape index (κ1) is 13.0. The predicted octanol–water partition coefficient (Wildman–Crippen LogP) is 3.09. The molecule has 0 radical (unpaired) electrons. The Labute approximate surface area is 111 Å². The Bertz CT molecular complexity index is 485. The average molecular weight is 260 g/mol. The number of aliphatic hydroxyl groups is 1. The number of hydrogen-bond donors (Lipinski definition) is 2. The molecule has 0 amide bonds. The first-order chi connectivity index (χ1) is 8.74. The van der Waals surface area contributed by atoms with Gasteiger partial charge in [0, 0.05) is 10.6 Å². The van der Waals surface area contributed by atoms with Crippen LogP contribution in [-0.2, 0) is 6.42 Å². The van der Waals surface area contributed by atoms with Crippen molar-refractivity contribution < 1.29 is 10.2 Å². The van der Waals surface area contributed by atoms with E-state index in [1.165, 1.54) is 0 Å². The first-order valence-electron chi connectivity index (χ1n) is 5.88. The Morgan fingerprint density at radius 1 is 1.00 bits per heavy atom. The van der Waals surface area contributed by atoms with Gasteiger partial charge in [0.2, 0.25) is 0 Å². The second-order valence-corrected chi connectivity index (χ2v) is 5.25. The third-order valence-corrected chi connectivity index (χ3v) is 3.72. The van der Waals surface area contributed by atoms with E-state index in [9.17, 15) is 10.2 Å². The molecule has 0 heterocycles. The molecule has 2 N–H and O–H groups in total. The van der Waals surface area contributed by atoms with Crippen molar-refractivity contribution in [1.29, 1.82) is 0 Å². The zero-order valence-electron chi connectivity index (χ0n) is 9.99. The van der Waals surface area contributed by atoms with E-state index in [1.807, 2.05) is 36.4 Å². The second-order valence-electron chi connectivity index (χ2n) is 4.15. The molecule has 3 heteroatoms. The fraction of sp³-hybridized carbons (Fsp3) is 0.200. The molecule has 2 nitrogen and oxygen atoms in total. The zero-order chi connectivity index (χ0) is 12.8. The van der Waals surface area contributed by atoms with Crippen LogP contribution < -0.4 is 0 Å². The molecule has 94 valence electrons. The van der Waals surface area contributed by atoms with E-state index in [0.717, 1.165) is 10.5 Å². The van der Waals surface area contributed by atoms with Crippen molar-refractivity contribution >= 4 is 11.8 Å². The van der Waals surface area contributed by atoms with Crippen molar-refractivity contribution in [3.63, 3.8) is 0 Å². The molecule has 2 aromatic rings. The summed E-state index contributed by atoms with van der Waals surface area (Å²) in [6.07, 6.45) is 0.158. The Hall–Kier alpha value is -1.45. The van der Waals surface area contributed by atoms with Gasteiger partial charge in [-0.05, 0) is 36.2 Å². The lowest BCUT2D eigenvalue weighted by molar-refractivity contribution is 0.200. The highest BCUT2D eigenvalue weighted by Gasteiger charge is 2.06. The van der Waals surface area contributed by atoms with Gasteiger partial charge in [-0.1, -0.05) is 30.3 Å². The Balaban J connectivity index is 1.84.